The predicted molar refractivity (Wildman–Crippen MR) is 126 cm³/mol. The molecule has 1 saturated carbocycles. The number of nitriles is 1. The molecule has 1 aromatic carbocycles. The van der Waals surface area contributed by atoms with Gasteiger partial charge in [-0.3, -0.25) is 14.4 Å². The van der Waals surface area contributed by atoms with E-state index in [4.69, 9.17) is 14.7 Å². The van der Waals surface area contributed by atoms with E-state index in [1.807, 2.05) is 28.9 Å². The van der Waals surface area contributed by atoms with Gasteiger partial charge in [0.15, 0.2) is 5.69 Å². The van der Waals surface area contributed by atoms with E-state index in [2.05, 4.69) is 32.4 Å². The predicted octanol–water partition coefficient (Wildman–Crippen LogP) is 2.40. The molecular weight excluding hydrogens is 444 g/mol. The molecule has 1 N–H and O–H groups in total. The molecule has 3 aliphatic rings. The smallest absolute Gasteiger partial charge is 0.272 e. The fourth-order valence-electron chi connectivity index (χ4n) is 5.28. The van der Waals surface area contributed by atoms with E-state index in [0.717, 1.165) is 49.5 Å². The van der Waals surface area contributed by atoms with E-state index in [1.165, 1.54) is 5.56 Å². The van der Waals surface area contributed by atoms with Gasteiger partial charge < -0.3 is 14.8 Å². The molecule has 35 heavy (non-hydrogen) atoms. The third-order valence-electron chi connectivity index (χ3n) is 7.27. The van der Waals surface area contributed by atoms with Crippen LogP contribution in [0.4, 0.5) is 0 Å². The third-order valence-corrected chi connectivity index (χ3v) is 7.27. The molecule has 178 valence electrons. The van der Waals surface area contributed by atoms with Crippen molar-refractivity contribution in [2.75, 3.05) is 20.3 Å². The summed E-state index contributed by atoms with van der Waals surface area (Å²) in [5.41, 5.74) is 4.22. The number of carbonyl (C=O) groups excluding carboxylic acids is 1. The highest BCUT2D eigenvalue weighted by molar-refractivity contribution is 5.92. The summed E-state index contributed by atoms with van der Waals surface area (Å²) < 4.78 is 13.1. The van der Waals surface area contributed by atoms with Gasteiger partial charge in [-0.1, -0.05) is 0 Å². The number of ether oxygens (including phenoxy) is 2. The van der Waals surface area contributed by atoms with Gasteiger partial charge in [-0.15, -0.1) is 0 Å². The zero-order valence-corrected chi connectivity index (χ0v) is 19.5. The average Bonchev–Trinajstić information content (AvgIpc) is 3.60. The first-order valence-corrected chi connectivity index (χ1v) is 11.9. The molecule has 9 heteroatoms. The van der Waals surface area contributed by atoms with Crippen LogP contribution in [0.15, 0.2) is 42.6 Å². The molecule has 6 rings (SSSR count). The van der Waals surface area contributed by atoms with E-state index >= 15 is 0 Å². The maximum atomic E-state index is 13.0. The van der Waals surface area contributed by atoms with Crippen LogP contribution in [-0.4, -0.2) is 51.9 Å². The van der Waals surface area contributed by atoms with Crippen LogP contribution in [-0.2, 0) is 25.0 Å². The third kappa shape index (κ3) is 3.90. The number of hydrogen-bond donors (Lipinski definition) is 1. The summed E-state index contributed by atoms with van der Waals surface area (Å²) in [7, 11) is 1.64. The van der Waals surface area contributed by atoms with E-state index in [-0.39, 0.29) is 17.5 Å². The van der Waals surface area contributed by atoms with Crippen LogP contribution in [0, 0.1) is 11.3 Å². The lowest BCUT2D eigenvalue weighted by Gasteiger charge is -2.35. The van der Waals surface area contributed by atoms with Crippen molar-refractivity contribution < 1.29 is 14.3 Å². The zero-order chi connectivity index (χ0) is 24.0. The molecule has 0 saturated heterocycles. The van der Waals surface area contributed by atoms with Gasteiger partial charge in [-0.05, 0) is 60.7 Å². The van der Waals surface area contributed by atoms with Gasteiger partial charge in [0.2, 0.25) is 5.88 Å². The number of amides is 1. The minimum absolute atomic E-state index is 0.00324. The first kappa shape index (κ1) is 21.6. The first-order valence-electron chi connectivity index (χ1n) is 11.9. The van der Waals surface area contributed by atoms with Crippen molar-refractivity contribution in [2.45, 2.75) is 43.9 Å². The molecule has 1 aliphatic carbocycles. The van der Waals surface area contributed by atoms with Crippen LogP contribution in [0.5, 0.6) is 11.6 Å². The second-order valence-electron chi connectivity index (χ2n) is 9.40. The van der Waals surface area contributed by atoms with Gasteiger partial charge in [0.05, 0.1) is 37.0 Å². The summed E-state index contributed by atoms with van der Waals surface area (Å²) in [6.45, 7) is 2.74. The molecule has 1 fully saturated rings. The minimum atomic E-state index is -0.202. The number of benzene rings is 1. The van der Waals surface area contributed by atoms with E-state index < -0.39 is 0 Å². The molecule has 1 amide bonds. The summed E-state index contributed by atoms with van der Waals surface area (Å²) in [5, 5.41) is 16.8. The van der Waals surface area contributed by atoms with E-state index in [1.54, 1.807) is 19.4 Å². The second kappa shape index (κ2) is 8.40. The van der Waals surface area contributed by atoms with Crippen molar-refractivity contribution in [3.63, 3.8) is 0 Å². The average molecular weight is 471 g/mol. The highest BCUT2D eigenvalue weighted by Crippen LogP contribution is 2.52. The lowest BCUT2D eigenvalue weighted by Crippen LogP contribution is -2.43. The fourth-order valence-corrected chi connectivity index (χ4v) is 5.28. The number of fused-ring (bicyclic) bond motifs is 2. The maximum absolute atomic E-state index is 13.0. The van der Waals surface area contributed by atoms with E-state index in [0.29, 0.717) is 30.2 Å². The quantitative estimate of drug-likeness (QED) is 0.610. The molecule has 0 unspecified atom stereocenters. The van der Waals surface area contributed by atoms with Gasteiger partial charge in [-0.2, -0.15) is 10.4 Å². The van der Waals surface area contributed by atoms with Gasteiger partial charge in [0.25, 0.3) is 5.91 Å². The SMILES string of the molecule is COc1cc(C2(N3CCn4nc(C(=O)N[C@H]5COc6ccc(C#N)cc6C5)cc4C3)CC2)ccn1. The molecule has 4 heterocycles. The standard InChI is InChI=1S/C26H26N6O3/c1-34-24-12-19(4-7-28-24)26(5-6-26)31-8-9-32-21(15-31)13-22(30-32)25(33)29-20-11-18-10-17(14-27)2-3-23(18)35-16-20/h2-4,7,10,12-13,20H,5-6,8-9,11,15-16H2,1H3,(H,29,33)/t20-/m1/s1. The molecule has 3 aromatic rings. The molecule has 0 radical (unpaired) electrons. The van der Waals surface area contributed by atoms with Crippen molar-refractivity contribution in [2.24, 2.45) is 0 Å². The summed E-state index contributed by atoms with van der Waals surface area (Å²) in [6, 6.07) is 13.4. The molecule has 0 spiro atoms. The number of hydrogen-bond acceptors (Lipinski definition) is 7. The normalized spacial score (nSPS) is 20.1. The number of nitrogens with zero attached hydrogens (tertiary/aromatic N) is 5. The van der Waals surface area contributed by atoms with Crippen molar-refractivity contribution >= 4 is 5.91 Å². The Balaban J connectivity index is 1.14. The van der Waals surface area contributed by atoms with Crippen LogP contribution >= 0.6 is 0 Å². The number of aromatic nitrogens is 3. The Morgan fingerprint density at radius 3 is 2.94 bits per heavy atom. The Hall–Kier alpha value is -3.90. The van der Waals surface area contributed by atoms with Crippen LogP contribution in [0.3, 0.4) is 0 Å². The molecule has 2 aliphatic heterocycles. The second-order valence-corrected chi connectivity index (χ2v) is 9.40. The lowest BCUT2D eigenvalue weighted by atomic mass is 10.0. The highest BCUT2D eigenvalue weighted by Gasteiger charge is 2.50. The number of carbonyl (C=O) groups is 1. The Kier molecular flexibility index (Phi) is 5.19. The Morgan fingerprint density at radius 2 is 2.14 bits per heavy atom. The Labute approximate surface area is 203 Å². The highest BCUT2D eigenvalue weighted by atomic mass is 16.5. The molecule has 0 bridgehead atoms. The molecule has 9 nitrogen and oxygen atoms in total. The van der Waals surface area contributed by atoms with Crippen LogP contribution in [0.25, 0.3) is 0 Å². The van der Waals surface area contributed by atoms with Crippen molar-refractivity contribution in [1.29, 1.82) is 5.26 Å². The van der Waals surface area contributed by atoms with Crippen LogP contribution in [0.1, 0.15) is 45.7 Å². The van der Waals surface area contributed by atoms with Gasteiger partial charge in [0, 0.05) is 30.9 Å². The minimum Gasteiger partial charge on any atom is -0.491 e. The topological polar surface area (TPSA) is 105 Å². The summed E-state index contributed by atoms with van der Waals surface area (Å²) in [4.78, 5) is 19.8. The molecule has 2 aromatic heterocycles. The molecular formula is C26H26N6O3. The first-order chi connectivity index (χ1) is 17.1. The monoisotopic (exact) mass is 470 g/mol. The summed E-state index contributed by atoms with van der Waals surface area (Å²) in [5.74, 6) is 1.20. The zero-order valence-electron chi connectivity index (χ0n) is 19.5. The number of methoxy groups -OCH3 is 1. The fraction of sp³-hybridized carbons (Fsp3) is 0.385. The number of pyridine rings is 1. The van der Waals surface area contributed by atoms with Crippen LogP contribution in [0.2, 0.25) is 0 Å². The van der Waals surface area contributed by atoms with E-state index in [9.17, 15) is 4.79 Å². The maximum Gasteiger partial charge on any atom is 0.272 e. The van der Waals surface area contributed by atoms with Gasteiger partial charge in [-0.25, -0.2) is 4.98 Å². The Bertz CT molecular complexity index is 1340. The summed E-state index contributed by atoms with van der Waals surface area (Å²) >= 11 is 0. The van der Waals surface area contributed by atoms with Gasteiger partial charge in [0.1, 0.15) is 12.4 Å². The number of nitrogens with one attached hydrogen (secondary N) is 1. The molecule has 1 atom stereocenters. The summed E-state index contributed by atoms with van der Waals surface area (Å²) in [6.07, 6.45) is 4.62. The largest absolute Gasteiger partial charge is 0.491 e. The van der Waals surface area contributed by atoms with Crippen LogP contribution < -0.4 is 14.8 Å². The lowest BCUT2D eigenvalue weighted by molar-refractivity contribution is 0.0908. The number of rotatable bonds is 5. The Morgan fingerprint density at radius 1 is 1.26 bits per heavy atom. The van der Waals surface area contributed by atoms with Crippen molar-refractivity contribution in [3.8, 4) is 17.7 Å². The van der Waals surface area contributed by atoms with Gasteiger partial charge >= 0.3 is 0 Å². The van der Waals surface area contributed by atoms with Crippen molar-refractivity contribution in [3.05, 3.63) is 70.7 Å². The van der Waals surface area contributed by atoms with Crippen molar-refractivity contribution in [1.82, 2.24) is 25.0 Å².